The third-order valence-corrected chi connectivity index (χ3v) is 0.845. The predicted molar refractivity (Wildman–Crippen MR) is 23.6 cm³/mol. The van der Waals surface area contributed by atoms with Gasteiger partial charge in [-0.3, -0.25) is 4.79 Å². The molecule has 0 atom stereocenters. The van der Waals surface area contributed by atoms with Gasteiger partial charge in [0.05, 0.1) is 13.0 Å². The van der Waals surface area contributed by atoms with Gasteiger partial charge in [-0.1, -0.05) is 0 Å². The zero-order chi connectivity index (χ0) is 5.11. The topological polar surface area (TPSA) is 38.3 Å². The van der Waals surface area contributed by atoms with Crippen molar-refractivity contribution in [2.24, 2.45) is 0 Å². The first-order chi connectivity index (χ1) is 3.39. The van der Waals surface area contributed by atoms with Gasteiger partial charge in [-0.25, -0.2) is 0 Å². The molecule has 3 nitrogen and oxygen atoms in total. The van der Waals surface area contributed by atoms with E-state index in [4.69, 9.17) is 4.74 Å². The molecule has 3 heteroatoms. The first-order valence-corrected chi connectivity index (χ1v) is 2.24. The van der Waals surface area contributed by atoms with Gasteiger partial charge in [0.2, 0.25) is 5.91 Å². The summed E-state index contributed by atoms with van der Waals surface area (Å²) in [5.74, 6) is 0.0891. The number of rotatable bonds is 0. The Kier molecular flexibility index (Phi) is 1.26. The summed E-state index contributed by atoms with van der Waals surface area (Å²) in [6.45, 7) is 0.963. The van der Waals surface area contributed by atoms with Crippen LogP contribution >= 0.6 is 0 Å². The number of hydrogen-bond acceptors (Lipinski definition) is 2. The van der Waals surface area contributed by atoms with Crippen molar-refractivity contribution >= 4 is 5.91 Å². The number of ether oxygens (including phenoxy) is 1. The largest absolute Gasteiger partial charge is 0.361 e. The molecule has 1 heterocycles. The Bertz CT molecular complexity index is 73.8. The minimum absolute atomic E-state index is 0.0891. The third kappa shape index (κ3) is 1.16. The molecule has 0 bridgehead atoms. The molecule has 1 rings (SSSR count). The van der Waals surface area contributed by atoms with E-state index in [0.29, 0.717) is 19.8 Å². The van der Waals surface area contributed by atoms with Crippen LogP contribution in [0.3, 0.4) is 0 Å². The first-order valence-electron chi connectivity index (χ1n) is 2.24. The Morgan fingerprint density at radius 1 is 1.71 bits per heavy atom. The second kappa shape index (κ2) is 1.93. The zero-order valence-electron chi connectivity index (χ0n) is 3.94. The molecule has 1 saturated heterocycles. The highest BCUT2D eigenvalue weighted by molar-refractivity contribution is 5.76. The summed E-state index contributed by atoms with van der Waals surface area (Å²) in [4.78, 5) is 10.3. The molecule has 1 aliphatic rings. The van der Waals surface area contributed by atoms with Crippen LogP contribution in [0.25, 0.3) is 0 Å². The maximum absolute atomic E-state index is 10.3. The van der Waals surface area contributed by atoms with Crippen LogP contribution in [-0.2, 0) is 9.53 Å². The number of nitrogens with one attached hydrogen (secondary N) is 1. The average molecular weight is 101 g/mol. The summed E-state index contributed by atoms with van der Waals surface area (Å²) in [6, 6.07) is 0. The van der Waals surface area contributed by atoms with Gasteiger partial charge in [-0.05, 0) is 0 Å². The van der Waals surface area contributed by atoms with Crippen LogP contribution in [0, 0.1) is 0 Å². The highest BCUT2D eigenvalue weighted by Crippen LogP contribution is 1.86. The predicted octanol–water partition coefficient (Wildman–Crippen LogP) is -0.520. The summed E-state index contributed by atoms with van der Waals surface area (Å²) >= 11 is 0. The molecule has 0 unspecified atom stereocenters. The molecule has 1 aliphatic heterocycles. The van der Waals surface area contributed by atoms with E-state index in [1.165, 1.54) is 0 Å². The fourth-order valence-electron chi connectivity index (χ4n) is 0.457. The molecular weight excluding hydrogens is 94.0 g/mol. The van der Waals surface area contributed by atoms with E-state index in [9.17, 15) is 4.79 Å². The van der Waals surface area contributed by atoms with E-state index in [1.54, 1.807) is 0 Å². The zero-order valence-corrected chi connectivity index (χ0v) is 3.94. The molecule has 40 valence electrons. The maximum atomic E-state index is 10.3. The molecule has 0 aromatic rings. The Morgan fingerprint density at radius 3 is 2.86 bits per heavy atom. The van der Waals surface area contributed by atoms with Crippen molar-refractivity contribution in [3.05, 3.63) is 0 Å². The van der Waals surface area contributed by atoms with Crippen LogP contribution in [-0.4, -0.2) is 19.2 Å². The Balaban J connectivity index is 2.25. The second-order valence-corrected chi connectivity index (χ2v) is 1.40. The molecule has 1 amide bonds. The van der Waals surface area contributed by atoms with Crippen molar-refractivity contribution in [2.45, 2.75) is 6.42 Å². The molecule has 0 spiro atoms. The van der Waals surface area contributed by atoms with Crippen molar-refractivity contribution in [1.29, 1.82) is 0 Å². The minimum Gasteiger partial charge on any atom is -0.361 e. The Morgan fingerprint density at radius 2 is 2.57 bits per heavy atom. The van der Waals surface area contributed by atoms with Crippen LogP contribution < -0.4 is 5.32 Å². The number of carbonyl (C=O) groups excluding carboxylic acids is 1. The standard InChI is InChI=1S/C4H7NO2/c6-4-1-2-7-3-5-4/h1-3H2,(H,5,6). The third-order valence-electron chi connectivity index (χ3n) is 0.845. The van der Waals surface area contributed by atoms with Crippen LogP contribution in [0.5, 0.6) is 0 Å². The number of carbonyl (C=O) groups is 1. The van der Waals surface area contributed by atoms with Gasteiger partial charge in [0, 0.05) is 0 Å². The lowest BCUT2D eigenvalue weighted by Crippen LogP contribution is -2.32. The van der Waals surface area contributed by atoms with E-state index < -0.39 is 0 Å². The highest BCUT2D eigenvalue weighted by atomic mass is 16.5. The van der Waals surface area contributed by atoms with E-state index in [-0.39, 0.29) is 5.91 Å². The summed E-state index contributed by atoms with van der Waals surface area (Å²) < 4.78 is 4.81. The van der Waals surface area contributed by atoms with Gasteiger partial charge in [0.1, 0.15) is 6.73 Å². The first kappa shape index (κ1) is 4.59. The minimum atomic E-state index is 0.0891. The van der Waals surface area contributed by atoms with Crippen molar-refractivity contribution in [3.8, 4) is 0 Å². The lowest BCUT2D eigenvalue weighted by atomic mass is 10.4. The molecule has 0 aromatic heterocycles. The molecule has 0 aliphatic carbocycles. The maximum Gasteiger partial charge on any atom is 0.224 e. The Labute approximate surface area is 41.7 Å². The molecule has 7 heavy (non-hydrogen) atoms. The molecule has 0 saturated carbocycles. The fraction of sp³-hybridized carbons (Fsp3) is 0.750. The number of amides is 1. The lowest BCUT2D eigenvalue weighted by molar-refractivity contribution is -0.127. The summed E-state index contributed by atoms with van der Waals surface area (Å²) in [7, 11) is 0. The van der Waals surface area contributed by atoms with E-state index in [2.05, 4.69) is 5.32 Å². The SMILES string of the molecule is O=C1CCOCN1. The van der Waals surface area contributed by atoms with Gasteiger partial charge in [0.15, 0.2) is 0 Å². The van der Waals surface area contributed by atoms with Crippen LogP contribution in [0.4, 0.5) is 0 Å². The molecule has 1 fully saturated rings. The molecule has 1 N–H and O–H groups in total. The van der Waals surface area contributed by atoms with E-state index in [0.717, 1.165) is 0 Å². The highest BCUT2D eigenvalue weighted by Gasteiger charge is 2.04. The van der Waals surface area contributed by atoms with Crippen molar-refractivity contribution in [1.82, 2.24) is 5.32 Å². The fourth-order valence-corrected chi connectivity index (χ4v) is 0.457. The van der Waals surface area contributed by atoms with Gasteiger partial charge >= 0.3 is 0 Å². The summed E-state index contributed by atoms with van der Waals surface area (Å²) in [5, 5.41) is 2.52. The van der Waals surface area contributed by atoms with Gasteiger partial charge in [-0.15, -0.1) is 0 Å². The van der Waals surface area contributed by atoms with Crippen LogP contribution in [0.15, 0.2) is 0 Å². The van der Waals surface area contributed by atoms with Gasteiger partial charge in [0.25, 0.3) is 0 Å². The van der Waals surface area contributed by atoms with Crippen molar-refractivity contribution in [2.75, 3.05) is 13.3 Å². The average Bonchev–Trinajstić information content (AvgIpc) is 1.69. The molecule has 0 radical (unpaired) electrons. The van der Waals surface area contributed by atoms with Crippen LogP contribution in [0.1, 0.15) is 6.42 Å². The van der Waals surface area contributed by atoms with E-state index in [1.807, 2.05) is 0 Å². The van der Waals surface area contributed by atoms with Crippen LogP contribution in [0.2, 0.25) is 0 Å². The smallest absolute Gasteiger partial charge is 0.224 e. The summed E-state index contributed by atoms with van der Waals surface area (Å²) in [5.41, 5.74) is 0. The second-order valence-electron chi connectivity index (χ2n) is 1.40. The monoisotopic (exact) mass is 101 g/mol. The van der Waals surface area contributed by atoms with Crippen molar-refractivity contribution in [3.63, 3.8) is 0 Å². The normalized spacial score (nSPS) is 21.4. The number of hydrogen-bond donors (Lipinski definition) is 1. The lowest BCUT2D eigenvalue weighted by Gasteiger charge is -2.10. The van der Waals surface area contributed by atoms with Gasteiger partial charge in [-0.2, -0.15) is 0 Å². The van der Waals surface area contributed by atoms with Crippen molar-refractivity contribution < 1.29 is 9.53 Å². The molecular formula is C4H7NO2. The summed E-state index contributed by atoms with van der Waals surface area (Å²) in [6.07, 6.45) is 0.514. The van der Waals surface area contributed by atoms with Gasteiger partial charge < -0.3 is 10.1 Å². The quantitative estimate of drug-likeness (QED) is 0.446. The molecule has 0 aromatic carbocycles. The van der Waals surface area contributed by atoms with E-state index >= 15 is 0 Å². The Hall–Kier alpha value is -0.570.